The molecule has 0 radical (unpaired) electrons. The molecule has 0 atom stereocenters. The molecule has 0 aliphatic carbocycles. The first kappa shape index (κ1) is 17.3. The summed E-state index contributed by atoms with van der Waals surface area (Å²) in [5.41, 5.74) is 5.40. The summed E-state index contributed by atoms with van der Waals surface area (Å²) < 4.78 is 0. The lowest BCUT2D eigenvalue weighted by atomic mass is 9.95. The zero-order valence-electron chi connectivity index (χ0n) is 15.5. The van der Waals surface area contributed by atoms with Gasteiger partial charge < -0.3 is 4.90 Å². The molecule has 0 unspecified atom stereocenters. The van der Waals surface area contributed by atoms with Gasteiger partial charge in [-0.1, -0.05) is 48.5 Å². The monoisotopic (exact) mass is 348 g/mol. The van der Waals surface area contributed by atoms with Gasteiger partial charge in [-0.05, 0) is 47.9 Å². The minimum absolute atomic E-state index is 0.297. The molecule has 1 saturated heterocycles. The van der Waals surface area contributed by atoms with Crippen LogP contribution < -0.4 is 0 Å². The number of amides is 1. The summed E-state index contributed by atoms with van der Waals surface area (Å²) in [5.74, 6) is 0.297. The van der Waals surface area contributed by atoms with E-state index in [1.807, 2.05) is 4.90 Å². The molecule has 0 spiro atoms. The van der Waals surface area contributed by atoms with Gasteiger partial charge >= 0.3 is 0 Å². The topological polar surface area (TPSA) is 23.6 Å². The standard InChI is InChI=1S/C23H28N2O/c26-23(25-12-5-2-6-13-25)16-20-9-10-22-18-24(14-11-21(22)15-20)17-19-7-3-1-4-8-19/h1,3-4,7-10,15H,2,5-6,11-14,16-18H2. The Morgan fingerprint density at radius 2 is 1.65 bits per heavy atom. The molecule has 2 aliphatic rings. The number of piperidine rings is 1. The Labute approximate surface area is 156 Å². The number of rotatable bonds is 4. The van der Waals surface area contributed by atoms with Crippen LogP contribution in [0.3, 0.4) is 0 Å². The van der Waals surface area contributed by atoms with E-state index in [-0.39, 0.29) is 0 Å². The highest BCUT2D eigenvalue weighted by atomic mass is 16.2. The molecule has 2 heterocycles. The number of carbonyl (C=O) groups is 1. The molecule has 4 rings (SSSR count). The smallest absolute Gasteiger partial charge is 0.226 e. The predicted molar refractivity (Wildman–Crippen MR) is 105 cm³/mol. The van der Waals surface area contributed by atoms with Crippen molar-refractivity contribution >= 4 is 5.91 Å². The first-order chi connectivity index (χ1) is 12.8. The van der Waals surface area contributed by atoms with Crippen LogP contribution in [0.15, 0.2) is 48.5 Å². The van der Waals surface area contributed by atoms with Gasteiger partial charge in [0.15, 0.2) is 0 Å². The third kappa shape index (κ3) is 4.16. The maximum absolute atomic E-state index is 12.5. The van der Waals surface area contributed by atoms with E-state index in [4.69, 9.17) is 0 Å². The highest BCUT2D eigenvalue weighted by molar-refractivity contribution is 5.79. The van der Waals surface area contributed by atoms with Crippen LogP contribution in [0.2, 0.25) is 0 Å². The van der Waals surface area contributed by atoms with Gasteiger partial charge in [0.25, 0.3) is 0 Å². The molecule has 136 valence electrons. The van der Waals surface area contributed by atoms with Gasteiger partial charge in [-0.15, -0.1) is 0 Å². The van der Waals surface area contributed by atoms with Crippen molar-refractivity contribution in [2.45, 2.75) is 45.2 Å². The highest BCUT2D eigenvalue weighted by Gasteiger charge is 2.19. The van der Waals surface area contributed by atoms with E-state index < -0.39 is 0 Å². The van der Waals surface area contributed by atoms with Gasteiger partial charge in [-0.2, -0.15) is 0 Å². The van der Waals surface area contributed by atoms with Crippen LogP contribution in [-0.4, -0.2) is 35.3 Å². The van der Waals surface area contributed by atoms with Crippen LogP contribution in [0.4, 0.5) is 0 Å². The molecule has 1 fully saturated rings. The van der Waals surface area contributed by atoms with Gasteiger partial charge in [0, 0.05) is 32.7 Å². The number of likely N-dealkylation sites (tertiary alicyclic amines) is 1. The molecule has 3 heteroatoms. The van der Waals surface area contributed by atoms with Gasteiger partial charge in [-0.25, -0.2) is 0 Å². The third-order valence-electron chi connectivity index (χ3n) is 5.68. The van der Waals surface area contributed by atoms with Gasteiger partial charge in [0.2, 0.25) is 5.91 Å². The molecule has 2 aromatic carbocycles. The summed E-state index contributed by atoms with van der Waals surface area (Å²) in [6.45, 7) is 4.99. The van der Waals surface area contributed by atoms with Crippen LogP contribution in [0.1, 0.15) is 41.5 Å². The second-order valence-electron chi connectivity index (χ2n) is 7.67. The molecule has 0 saturated carbocycles. The first-order valence-electron chi connectivity index (χ1n) is 9.93. The van der Waals surface area contributed by atoms with Crippen molar-refractivity contribution in [3.8, 4) is 0 Å². The molecule has 0 bridgehead atoms. The van der Waals surface area contributed by atoms with Crippen molar-refractivity contribution in [1.82, 2.24) is 9.80 Å². The van der Waals surface area contributed by atoms with E-state index in [9.17, 15) is 4.79 Å². The summed E-state index contributed by atoms with van der Waals surface area (Å²) in [7, 11) is 0. The second kappa shape index (κ2) is 8.05. The molecular weight excluding hydrogens is 320 g/mol. The van der Waals surface area contributed by atoms with E-state index in [1.54, 1.807) is 0 Å². The van der Waals surface area contributed by atoms with Crippen LogP contribution >= 0.6 is 0 Å². The summed E-state index contributed by atoms with van der Waals surface area (Å²) in [6, 6.07) is 17.4. The van der Waals surface area contributed by atoms with Crippen molar-refractivity contribution in [1.29, 1.82) is 0 Å². The highest BCUT2D eigenvalue weighted by Crippen LogP contribution is 2.22. The Morgan fingerprint density at radius 3 is 2.46 bits per heavy atom. The normalized spacial score (nSPS) is 17.8. The summed E-state index contributed by atoms with van der Waals surface area (Å²) >= 11 is 0. The molecule has 26 heavy (non-hydrogen) atoms. The van der Waals surface area contributed by atoms with E-state index in [1.165, 1.54) is 28.7 Å². The van der Waals surface area contributed by atoms with Crippen LogP contribution in [0.5, 0.6) is 0 Å². The summed E-state index contributed by atoms with van der Waals surface area (Å²) in [6.07, 6.45) is 5.22. The summed E-state index contributed by atoms with van der Waals surface area (Å²) in [5, 5.41) is 0. The fraction of sp³-hybridized carbons (Fsp3) is 0.435. The average molecular weight is 348 g/mol. The van der Waals surface area contributed by atoms with Crippen LogP contribution in [-0.2, 0) is 30.7 Å². The Hall–Kier alpha value is -2.13. The van der Waals surface area contributed by atoms with Crippen molar-refractivity contribution in [3.05, 3.63) is 70.8 Å². The van der Waals surface area contributed by atoms with Gasteiger partial charge in [-0.3, -0.25) is 9.69 Å². The molecule has 1 amide bonds. The SMILES string of the molecule is O=C(Cc1ccc2c(c1)CCN(Cc1ccccc1)C2)N1CCCCC1. The largest absolute Gasteiger partial charge is 0.342 e. The van der Waals surface area contributed by atoms with Crippen molar-refractivity contribution < 1.29 is 4.79 Å². The second-order valence-corrected chi connectivity index (χ2v) is 7.67. The number of nitrogens with zero attached hydrogens (tertiary/aromatic N) is 2. The van der Waals surface area contributed by atoms with Crippen molar-refractivity contribution in [2.75, 3.05) is 19.6 Å². The van der Waals surface area contributed by atoms with E-state index in [0.717, 1.165) is 52.0 Å². The number of fused-ring (bicyclic) bond motifs is 1. The van der Waals surface area contributed by atoms with E-state index >= 15 is 0 Å². The maximum atomic E-state index is 12.5. The quantitative estimate of drug-likeness (QED) is 0.839. The molecule has 3 nitrogen and oxygen atoms in total. The Morgan fingerprint density at radius 1 is 0.846 bits per heavy atom. The fourth-order valence-electron chi connectivity index (χ4n) is 4.18. The minimum atomic E-state index is 0.297. The lowest BCUT2D eigenvalue weighted by Crippen LogP contribution is -2.36. The van der Waals surface area contributed by atoms with Crippen LogP contribution in [0, 0.1) is 0 Å². The molecule has 2 aliphatic heterocycles. The average Bonchev–Trinajstić information content (AvgIpc) is 2.69. The van der Waals surface area contributed by atoms with Gasteiger partial charge in [0.1, 0.15) is 0 Å². The van der Waals surface area contributed by atoms with Crippen molar-refractivity contribution in [3.63, 3.8) is 0 Å². The number of hydrogen-bond donors (Lipinski definition) is 0. The first-order valence-corrected chi connectivity index (χ1v) is 9.93. The van der Waals surface area contributed by atoms with E-state index in [2.05, 4.69) is 53.4 Å². The summed E-state index contributed by atoms with van der Waals surface area (Å²) in [4.78, 5) is 17.1. The number of benzene rings is 2. The predicted octanol–water partition coefficient (Wildman–Crippen LogP) is 3.80. The zero-order chi connectivity index (χ0) is 17.8. The molecule has 2 aromatic rings. The molecular formula is C23H28N2O. The zero-order valence-corrected chi connectivity index (χ0v) is 15.5. The minimum Gasteiger partial charge on any atom is -0.342 e. The Balaban J connectivity index is 1.38. The van der Waals surface area contributed by atoms with Crippen molar-refractivity contribution in [2.24, 2.45) is 0 Å². The third-order valence-corrected chi connectivity index (χ3v) is 5.68. The Bertz CT molecular complexity index is 750. The number of hydrogen-bond acceptors (Lipinski definition) is 2. The maximum Gasteiger partial charge on any atom is 0.226 e. The lowest BCUT2D eigenvalue weighted by Gasteiger charge is -2.29. The molecule has 0 aromatic heterocycles. The number of carbonyl (C=O) groups excluding carboxylic acids is 1. The van der Waals surface area contributed by atoms with Gasteiger partial charge in [0.05, 0.1) is 6.42 Å². The fourth-order valence-corrected chi connectivity index (χ4v) is 4.18. The Kier molecular flexibility index (Phi) is 5.35. The van der Waals surface area contributed by atoms with E-state index in [0.29, 0.717) is 12.3 Å². The van der Waals surface area contributed by atoms with Crippen LogP contribution in [0.25, 0.3) is 0 Å². The lowest BCUT2D eigenvalue weighted by molar-refractivity contribution is -0.131. The molecule has 0 N–H and O–H groups in total.